The Balaban J connectivity index is 0.997. The second-order valence-electron chi connectivity index (χ2n) is 11.6. The molecule has 2 aromatic carbocycles. The molecular formula is C31H34N8O4. The van der Waals surface area contributed by atoms with Crippen molar-refractivity contribution in [3.05, 3.63) is 54.4 Å². The first-order valence-corrected chi connectivity index (χ1v) is 14.8. The highest BCUT2D eigenvalue weighted by atomic mass is 16.5. The van der Waals surface area contributed by atoms with Gasteiger partial charge in [-0.05, 0) is 61.2 Å². The number of likely N-dealkylation sites (tertiary alicyclic amines) is 1. The number of carbonyl (C=O) groups excluding carboxylic acids is 1. The maximum Gasteiger partial charge on any atom is 0.248 e. The predicted molar refractivity (Wildman–Crippen MR) is 158 cm³/mol. The molecule has 4 aliphatic rings. The largest absolute Gasteiger partial charge is 0.487 e. The Morgan fingerprint density at radius 2 is 1.91 bits per heavy atom. The molecule has 7 rings (SSSR count). The molecule has 3 aromatic rings. The van der Waals surface area contributed by atoms with Crippen LogP contribution in [0.3, 0.4) is 0 Å². The molecule has 4 heterocycles. The number of aliphatic hydroxyl groups excluding tert-OH is 1. The monoisotopic (exact) mass is 582 g/mol. The van der Waals surface area contributed by atoms with Crippen molar-refractivity contribution in [3.63, 3.8) is 0 Å². The fourth-order valence-corrected chi connectivity index (χ4v) is 6.65. The van der Waals surface area contributed by atoms with Crippen LogP contribution in [0.5, 0.6) is 5.75 Å². The molecule has 3 aliphatic heterocycles. The number of hydrogen-bond donors (Lipinski definition) is 2. The van der Waals surface area contributed by atoms with Crippen molar-refractivity contribution in [2.45, 2.75) is 31.0 Å². The second-order valence-corrected chi connectivity index (χ2v) is 11.6. The zero-order valence-corrected chi connectivity index (χ0v) is 23.8. The molecule has 1 amide bonds. The third-order valence-corrected chi connectivity index (χ3v) is 9.03. The molecule has 3 atom stereocenters. The minimum Gasteiger partial charge on any atom is -0.487 e. The van der Waals surface area contributed by atoms with Crippen molar-refractivity contribution in [2.75, 3.05) is 62.8 Å². The fraction of sp³-hybridized carbons (Fsp3) is 0.452. The van der Waals surface area contributed by atoms with E-state index in [1.165, 1.54) is 12.0 Å². The van der Waals surface area contributed by atoms with Gasteiger partial charge in [-0.2, -0.15) is 10.2 Å². The number of aromatic nitrogens is 3. The molecule has 222 valence electrons. The van der Waals surface area contributed by atoms with E-state index >= 15 is 0 Å². The number of ether oxygens (including phenoxy) is 2. The maximum atomic E-state index is 12.1. The number of rotatable bonds is 8. The van der Waals surface area contributed by atoms with Gasteiger partial charge in [0.1, 0.15) is 30.9 Å². The Kier molecular flexibility index (Phi) is 7.52. The van der Waals surface area contributed by atoms with Crippen LogP contribution in [0.2, 0.25) is 0 Å². The summed E-state index contributed by atoms with van der Waals surface area (Å²) in [6.45, 7) is 5.96. The van der Waals surface area contributed by atoms with Gasteiger partial charge in [-0.1, -0.05) is 0 Å². The SMILES string of the molecule is N#Cc1cc(-c2ncnc(Nc3ccc(N4CCN(C5COC5)CC4)cc3)n2)ccc1O[C@H]1C[C@H]2C[C@@H]1N(C(=O)CO)C2. The Morgan fingerprint density at radius 1 is 1.09 bits per heavy atom. The number of anilines is 3. The highest BCUT2D eigenvalue weighted by Gasteiger charge is 2.48. The maximum absolute atomic E-state index is 12.1. The van der Waals surface area contributed by atoms with Gasteiger partial charge in [0.05, 0.1) is 30.9 Å². The number of fused-ring (bicyclic) bond motifs is 2. The van der Waals surface area contributed by atoms with Crippen molar-refractivity contribution in [2.24, 2.45) is 5.92 Å². The molecule has 0 unspecified atom stereocenters. The molecule has 0 radical (unpaired) electrons. The first-order valence-electron chi connectivity index (χ1n) is 14.8. The topological polar surface area (TPSA) is 140 Å². The van der Waals surface area contributed by atoms with Crippen LogP contribution in [-0.2, 0) is 9.53 Å². The second kappa shape index (κ2) is 11.8. The fourth-order valence-electron chi connectivity index (χ4n) is 6.65. The minimum absolute atomic E-state index is 0.0835. The molecule has 3 saturated heterocycles. The first-order chi connectivity index (χ1) is 21.1. The summed E-state index contributed by atoms with van der Waals surface area (Å²) < 4.78 is 11.6. The number of benzene rings is 2. The van der Waals surface area contributed by atoms with Gasteiger partial charge in [-0.15, -0.1) is 0 Å². The molecule has 0 spiro atoms. The van der Waals surface area contributed by atoms with Crippen LogP contribution in [0.25, 0.3) is 11.4 Å². The van der Waals surface area contributed by atoms with E-state index in [0.29, 0.717) is 47.2 Å². The Labute approximate surface area is 249 Å². The summed E-state index contributed by atoms with van der Waals surface area (Å²) in [5, 5.41) is 22.5. The lowest BCUT2D eigenvalue weighted by Crippen LogP contribution is -2.56. The summed E-state index contributed by atoms with van der Waals surface area (Å²) in [4.78, 5) is 32.0. The number of nitrogens with one attached hydrogen (secondary N) is 1. The van der Waals surface area contributed by atoms with E-state index in [9.17, 15) is 15.2 Å². The molecule has 12 heteroatoms. The summed E-state index contributed by atoms with van der Waals surface area (Å²) in [5.74, 6) is 1.38. The summed E-state index contributed by atoms with van der Waals surface area (Å²) in [6, 6.07) is 16.3. The number of piperazine rings is 1. The van der Waals surface area contributed by atoms with E-state index in [2.05, 4.69) is 48.3 Å². The van der Waals surface area contributed by atoms with E-state index in [1.807, 2.05) is 18.2 Å². The quantitative estimate of drug-likeness (QED) is 0.403. The highest BCUT2D eigenvalue weighted by Crippen LogP contribution is 2.40. The van der Waals surface area contributed by atoms with Crippen molar-refractivity contribution in [1.82, 2.24) is 24.8 Å². The highest BCUT2D eigenvalue weighted by molar-refractivity contribution is 5.78. The van der Waals surface area contributed by atoms with Crippen molar-refractivity contribution in [3.8, 4) is 23.2 Å². The molecule has 1 aromatic heterocycles. The van der Waals surface area contributed by atoms with Gasteiger partial charge in [-0.3, -0.25) is 9.69 Å². The van der Waals surface area contributed by atoms with Crippen LogP contribution in [0.4, 0.5) is 17.3 Å². The van der Waals surface area contributed by atoms with Crippen molar-refractivity contribution >= 4 is 23.2 Å². The Morgan fingerprint density at radius 3 is 2.60 bits per heavy atom. The standard InChI is InChI=1S/C31H34N8O4/c32-14-22-13-21(1-6-27(22)43-28-12-20-11-26(28)39(15-20)29(41)16-40)30-33-19-34-31(36-30)35-23-2-4-24(5-3-23)37-7-9-38(10-8-37)25-17-42-18-25/h1-6,13,19-20,25-26,28,40H,7-12,15-18H2,(H,33,34,35,36)/t20-,26+,28+/m1/s1. The number of nitrogens with zero attached hydrogens (tertiary/aromatic N) is 7. The van der Waals surface area contributed by atoms with E-state index in [-0.39, 0.29) is 18.1 Å². The zero-order valence-electron chi connectivity index (χ0n) is 23.8. The van der Waals surface area contributed by atoms with Crippen LogP contribution in [0, 0.1) is 17.2 Å². The van der Waals surface area contributed by atoms with Gasteiger partial charge >= 0.3 is 0 Å². The first kappa shape index (κ1) is 27.5. The van der Waals surface area contributed by atoms with Crippen molar-refractivity contribution in [1.29, 1.82) is 5.26 Å². The zero-order chi connectivity index (χ0) is 29.3. The molecule has 1 saturated carbocycles. The van der Waals surface area contributed by atoms with Gasteiger partial charge in [0, 0.05) is 49.7 Å². The average Bonchev–Trinajstić information content (AvgIpc) is 3.62. The summed E-state index contributed by atoms with van der Waals surface area (Å²) in [5.41, 5.74) is 3.10. The Hall–Kier alpha value is -4.31. The molecular weight excluding hydrogens is 548 g/mol. The lowest BCUT2D eigenvalue weighted by Gasteiger charge is -2.43. The van der Waals surface area contributed by atoms with Gasteiger partial charge < -0.3 is 29.7 Å². The molecule has 2 bridgehead atoms. The van der Waals surface area contributed by atoms with Gasteiger partial charge in [0.2, 0.25) is 11.9 Å². The van der Waals surface area contributed by atoms with E-state index < -0.39 is 6.61 Å². The van der Waals surface area contributed by atoms with E-state index in [4.69, 9.17) is 9.47 Å². The summed E-state index contributed by atoms with van der Waals surface area (Å²) in [7, 11) is 0. The number of hydrogen-bond acceptors (Lipinski definition) is 11. The third kappa shape index (κ3) is 5.59. The molecule has 2 N–H and O–H groups in total. The van der Waals surface area contributed by atoms with Gasteiger partial charge in [0.25, 0.3) is 0 Å². The van der Waals surface area contributed by atoms with Crippen molar-refractivity contribution < 1.29 is 19.4 Å². The van der Waals surface area contributed by atoms with E-state index in [1.54, 1.807) is 17.0 Å². The van der Waals surface area contributed by atoms with Crippen LogP contribution in [0.1, 0.15) is 18.4 Å². The number of nitriles is 1. The summed E-state index contributed by atoms with van der Waals surface area (Å²) in [6.07, 6.45) is 2.92. The normalized spacial score (nSPS) is 23.6. The lowest BCUT2D eigenvalue weighted by atomic mass is 10.1. The van der Waals surface area contributed by atoms with Gasteiger partial charge in [-0.25, -0.2) is 9.97 Å². The average molecular weight is 583 g/mol. The molecule has 4 fully saturated rings. The molecule has 12 nitrogen and oxygen atoms in total. The number of aliphatic hydroxyl groups is 1. The Bertz CT molecular complexity index is 1520. The summed E-state index contributed by atoms with van der Waals surface area (Å²) >= 11 is 0. The number of carbonyl (C=O) groups is 1. The lowest BCUT2D eigenvalue weighted by molar-refractivity contribution is -0.137. The van der Waals surface area contributed by atoms with Crippen LogP contribution >= 0.6 is 0 Å². The smallest absolute Gasteiger partial charge is 0.248 e. The predicted octanol–water partition coefficient (Wildman–Crippen LogP) is 2.04. The van der Waals surface area contributed by atoms with Crippen LogP contribution in [0.15, 0.2) is 48.8 Å². The molecule has 43 heavy (non-hydrogen) atoms. The van der Waals surface area contributed by atoms with Crippen LogP contribution in [-0.4, -0.2) is 106 Å². The van der Waals surface area contributed by atoms with Gasteiger partial charge in [0.15, 0.2) is 5.82 Å². The molecule has 1 aliphatic carbocycles. The minimum atomic E-state index is -0.503. The van der Waals surface area contributed by atoms with Crippen LogP contribution < -0.4 is 15.0 Å². The van der Waals surface area contributed by atoms with E-state index in [0.717, 1.165) is 57.9 Å². The number of piperidine rings is 1. The third-order valence-electron chi connectivity index (χ3n) is 9.03. The number of amides is 1.